The quantitative estimate of drug-likeness (QED) is 0.376. The van der Waals surface area contributed by atoms with Crippen molar-refractivity contribution in [3.63, 3.8) is 0 Å². The highest BCUT2D eigenvalue weighted by Gasteiger charge is 2.74. The molecule has 1 saturated carbocycles. The number of nitrogens with zero attached hydrogens (tertiary/aromatic N) is 2. The maximum atomic E-state index is 12.9. The van der Waals surface area contributed by atoms with Crippen LogP contribution in [0.1, 0.15) is 48.0 Å². The van der Waals surface area contributed by atoms with Gasteiger partial charge in [-0.05, 0) is 57.1 Å². The summed E-state index contributed by atoms with van der Waals surface area (Å²) in [5, 5.41) is 1.39. The maximum absolute atomic E-state index is 12.9. The predicted octanol–water partition coefficient (Wildman–Crippen LogP) is 2.00. The van der Waals surface area contributed by atoms with Crippen LogP contribution in [0.15, 0.2) is 23.3 Å². The molecule has 8 heteroatoms. The number of carbonyl (C=O) groups excluding carboxylic acids is 4. The lowest BCUT2D eigenvalue weighted by Gasteiger charge is -2.41. The largest absolute Gasteiger partial charge is 0.464 e. The molecule has 0 aromatic heterocycles. The topological polar surface area (TPSA) is 93.2 Å². The fourth-order valence-corrected chi connectivity index (χ4v) is 7.01. The molecule has 0 aromatic rings. The van der Waals surface area contributed by atoms with Gasteiger partial charge in [-0.15, -0.1) is 0 Å². The minimum Gasteiger partial charge on any atom is -0.464 e. The third-order valence-electron chi connectivity index (χ3n) is 9.47. The SMILES string of the molecule is CC(=O)N1O[C@]2(C)C(C)=C(C)[C@@]1(C)[C@]2(C)COC(=O)CN1C(=O)[C@@H]2[C@H](C1=O)[C@H]1C=C[C@@H]2C1. The predicted molar refractivity (Wildman–Crippen MR) is 112 cm³/mol. The number of likely N-dealkylation sites (tertiary alicyclic amines) is 1. The van der Waals surface area contributed by atoms with Gasteiger partial charge in [-0.3, -0.25) is 28.9 Å². The van der Waals surface area contributed by atoms with Crippen LogP contribution >= 0.6 is 0 Å². The summed E-state index contributed by atoms with van der Waals surface area (Å²) in [6.45, 7) is 10.8. The van der Waals surface area contributed by atoms with Crippen molar-refractivity contribution < 1.29 is 28.8 Å². The van der Waals surface area contributed by atoms with Gasteiger partial charge in [0.15, 0.2) is 0 Å². The molecule has 172 valence electrons. The summed E-state index contributed by atoms with van der Waals surface area (Å²) in [6.07, 6.45) is 4.89. The Labute approximate surface area is 187 Å². The number of carbonyl (C=O) groups is 4. The van der Waals surface area contributed by atoms with Crippen LogP contribution in [0.25, 0.3) is 0 Å². The van der Waals surface area contributed by atoms with Gasteiger partial charge in [0.1, 0.15) is 24.3 Å². The first kappa shape index (κ1) is 21.4. The Morgan fingerprint density at radius 2 is 1.62 bits per heavy atom. The summed E-state index contributed by atoms with van der Waals surface area (Å²) in [4.78, 5) is 58.0. The highest BCUT2D eigenvalue weighted by Crippen LogP contribution is 2.65. The number of rotatable bonds is 4. The van der Waals surface area contributed by atoms with E-state index in [2.05, 4.69) is 0 Å². The molecule has 0 aromatic carbocycles. The second kappa shape index (κ2) is 6.31. The van der Waals surface area contributed by atoms with Crippen LogP contribution in [0.2, 0.25) is 0 Å². The van der Waals surface area contributed by atoms with Crippen molar-refractivity contribution in [2.24, 2.45) is 29.1 Å². The molecular weight excluding hydrogens is 412 g/mol. The summed E-state index contributed by atoms with van der Waals surface area (Å²) in [7, 11) is 0. The van der Waals surface area contributed by atoms with Gasteiger partial charge in [0.25, 0.3) is 0 Å². The summed E-state index contributed by atoms with van der Waals surface area (Å²) >= 11 is 0. The van der Waals surface area contributed by atoms with Crippen molar-refractivity contribution in [3.05, 3.63) is 23.3 Å². The average molecular weight is 443 g/mol. The van der Waals surface area contributed by atoms with E-state index < -0.39 is 22.5 Å². The minimum absolute atomic E-state index is 0.00677. The van der Waals surface area contributed by atoms with Crippen LogP contribution < -0.4 is 0 Å². The molecule has 0 unspecified atom stereocenters. The zero-order valence-electron chi connectivity index (χ0n) is 19.4. The van der Waals surface area contributed by atoms with Crippen molar-refractivity contribution in [1.82, 2.24) is 9.96 Å². The third-order valence-corrected chi connectivity index (χ3v) is 9.47. The van der Waals surface area contributed by atoms with Crippen LogP contribution in [0, 0.1) is 29.1 Å². The zero-order valence-corrected chi connectivity index (χ0v) is 19.4. The molecule has 0 N–H and O–H groups in total. The van der Waals surface area contributed by atoms with E-state index in [1.807, 2.05) is 46.8 Å². The maximum Gasteiger partial charge on any atom is 0.326 e. The summed E-state index contributed by atoms with van der Waals surface area (Å²) in [5.74, 6) is -1.85. The molecule has 2 heterocycles. The normalized spacial score (nSPS) is 43.7. The van der Waals surface area contributed by atoms with Gasteiger partial charge in [-0.2, -0.15) is 0 Å². The Morgan fingerprint density at radius 3 is 2.16 bits per heavy atom. The number of allylic oxidation sites excluding steroid dienone is 2. The van der Waals surface area contributed by atoms with Crippen molar-refractivity contribution in [2.45, 2.75) is 59.1 Å². The Balaban J connectivity index is 1.31. The van der Waals surface area contributed by atoms with E-state index in [9.17, 15) is 19.2 Å². The summed E-state index contributed by atoms with van der Waals surface area (Å²) in [6, 6.07) is 0. The highest BCUT2D eigenvalue weighted by atomic mass is 16.7. The third kappa shape index (κ3) is 2.21. The van der Waals surface area contributed by atoms with Crippen molar-refractivity contribution in [1.29, 1.82) is 0 Å². The van der Waals surface area contributed by atoms with E-state index in [0.717, 1.165) is 22.5 Å². The lowest BCUT2D eigenvalue weighted by Crippen LogP contribution is -2.55. The number of ether oxygens (including phenoxy) is 1. The second-order valence-corrected chi connectivity index (χ2v) is 10.5. The highest BCUT2D eigenvalue weighted by molar-refractivity contribution is 6.08. The lowest BCUT2D eigenvalue weighted by atomic mass is 9.66. The van der Waals surface area contributed by atoms with E-state index >= 15 is 0 Å². The zero-order chi connectivity index (χ0) is 23.4. The molecule has 2 aliphatic heterocycles. The first-order valence-corrected chi connectivity index (χ1v) is 11.3. The van der Waals surface area contributed by atoms with Gasteiger partial charge in [0, 0.05) is 6.92 Å². The van der Waals surface area contributed by atoms with E-state index in [4.69, 9.17) is 9.57 Å². The molecule has 5 aliphatic rings. The molecule has 8 nitrogen and oxygen atoms in total. The Bertz CT molecular complexity index is 1000. The van der Waals surface area contributed by atoms with E-state index in [1.165, 1.54) is 12.0 Å². The van der Waals surface area contributed by atoms with Crippen LogP contribution in [-0.4, -0.2) is 57.9 Å². The van der Waals surface area contributed by atoms with Crippen LogP contribution in [0.5, 0.6) is 0 Å². The number of imide groups is 1. The molecule has 0 spiro atoms. The van der Waals surface area contributed by atoms with Gasteiger partial charge < -0.3 is 4.74 Å². The standard InChI is InChI=1S/C24H30N2O6/c1-12-13(2)24(6)22(4,23(12,5)26(32-24)14(3)27)11-31-17(28)10-25-20(29)18-15-7-8-16(9-15)19(18)21(25)30/h7-8,15-16,18-19H,9-11H2,1-6H3/t15-,16+,18+,19-,22-,23-,24+/m0/s1. The molecule has 0 radical (unpaired) electrons. The summed E-state index contributed by atoms with van der Waals surface area (Å²) in [5.41, 5.74) is -0.302. The molecule has 2 saturated heterocycles. The number of amides is 3. The fourth-order valence-electron chi connectivity index (χ4n) is 7.01. The van der Waals surface area contributed by atoms with Gasteiger partial charge in [0.05, 0.1) is 17.3 Å². The molecular formula is C24H30N2O6. The number of hydrogen-bond donors (Lipinski definition) is 0. The van der Waals surface area contributed by atoms with Gasteiger partial charge in [-0.25, -0.2) is 5.06 Å². The molecule has 3 amide bonds. The van der Waals surface area contributed by atoms with E-state index in [1.54, 1.807) is 0 Å². The average Bonchev–Trinajstić information content (AvgIpc) is 3.47. The van der Waals surface area contributed by atoms with E-state index in [-0.39, 0.29) is 54.5 Å². The van der Waals surface area contributed by atoms with Crippen LogP contribution in [0.4, 0.5) is 0 Å². The van der Waals surface area contributed by atoms with Crippen LogP contribution in [0.3, 0.4) is 0 Å². The Hall–Kier alpha value is -2.48. The molecule has 3 aliphatic carbocycles. The number of fused-ring (bicyclic) bond motifs is 7. The smallest absolute Gasteiger partial charge is 0.326 e. The number of esters is 1. The molecule has 5 rings (SSSR count). The lowest BCUT2D eigenvalue weighted by molar-refractivity contribution is -0.212. The molecule has 7 atom stereocenters. The first-order valence-electron chi connectivity index (χ1n) is 11.3. The minimum atomic E-state index is -0.820. The van der Waals surface area contributed by atoms with E-state index in [0.29, 0.717) is 0 Å². The second-order valence-electron chi connectivity index (χ2n) is 10.5. The van der Waals surface area contributed by atoms with Gasteiger partial charge >= 0.3 is 5.97 Å². The number of hydroxylamine groups is 2. The Kier molecular flexibility index (Phi) is 4.21. The summed E-state index contributed by atoms with van der Waals surface area (Å²) < 4.78 is 5.67. The molecule has 4 bridgehead atoms. The molecule has 3 fully saturated rings. The first-order chi connectivity index (χ1) is 14.9. The molecule has 32 heavy (non-hydrogen) atoms. The van der Waals surface area contributed by atoms with Crippen LogP contribution in [-0.2, 0) is 28.8 Å². The Morgan fingerprint density at radius 1 is 1.06 bits per heavy atom. The van der Waals surface area contributed by atoms with Crippen molar-refractivity contribution in [3.8, 4) is 0 Å². The fraction of sp³-hybridized carbons (Fsp3) is 0.667. The number of hydrogen-bond acceptors (Lipinski definition) is 6. The van der Waals surface area contributed by atoms with Gasteiger partial charge in [0.2, 0.25) is 17.7 Å². The van der Waals surface area contributed by atoms with Crippen molar-refractivity contribution in [2.75, 3.05) is 13.2 Å². The monoisotopic (exact) mass is 442 g/mol. The van der Waals surface area contributed by atoms with Crippen molar-refractivity contribution >= 4 is 23.7 Å². The van der Waals surface area contributed by atoms with Gasteiger partial charge in [-0.1, -0.05) is 19.1 Å².